The second kappa shape index (κ2) is 11.4. The van der Waals surface area contributed by atoms with E-state index in [9.17, 15) is 0 Å². The minimum Gasteiger partial charge on any atom is -0.457 e. The third-order valence-electron chi connectivity index (χ3n) is 6.83. The summed E-state index contributed by atoms with van der Waals surface area (Å²) in [6.45, 7) is 1.89. The number of hydrogen-bond donors (Lipinski definition) is 2. The highest BCUT2D eigenvalue weighted by Gasteiger charge is 2.22. The number of rotatable bonds is 9. The molecule has 1 fully saturated rings. The molecule has 2 N–H and O–H groups in total. The van der Waals surface area contributed by atoms with Crippen molar-refractivity contribution in [3.05, 3.63) is 84.4 Å². The lowest BCUT2D eigenvalue weighted by Gasteiger charge is -2.29. The Bertz CT molecular complexity index is 1270. The Hall–Kier alpha value is -3.64. The number of fused-ring (bicyclic) bond motifs is 1. The molecule has 0 atom stereocenters. The number of ether oxygens (including phenoxy) is 1. The van der Waals surface area contributed by atoms with Crippen molar-refractivity contribution in [2.24, 2.45) is 5.92 Å². The maximum atomic E-state index is 5.97. The molecule has 1 heterocycles. The molecule has 36 heavy (non-hydrogen) atoms. The van der Waals surface area contributed by atoms with E-state index in [-0.39, 0.29) is 0 Å². The molecule has 0 saturated heterocycles. The predicted octanol–water partition coefficient (Wildman–Crippen LogP) is 6.25. The highest BCUT2D eigenvalue weighted by molar-refractivity contribution is 5.90. The molecule has 4 aromatic rings. The number of nitrogens with zero attached hydrogens (tertiary/aromatic N) is 3. The Kier molecular flexibility index (Phi) is 7.62. The lowest BCUT2D eigenvalue weighted by Crippen LogP contribution is -2.31. The number of nitrogens with one attached hydrogen (secondary N) is 2. The zero-order valence-corrected chi connectivity index (χ0v) is 21.2. The first-order valence-corrected chi connectivity index (χ1v) is 12.9. The molecule has 186 valence electrons. The topological polar surface area (TPSA) is 62.3 Å². The quantitative estimate of drug-likeness (QED) is 0.295. The Morgan fingerprint density at radius 1 is 0.833 bits per heavy atom. The van der Waals surface area contributed by atoms with Crippen molar-refractivity contribution in [1.29, 1.82) is 0 Å². The monoisotopic (exact) mass is 481 g/mol. The molecule has 0 unspecified atom stereocenters. The van der Waals surface area contributed by atoms with Gasteiger partial charge in [0.1, 0.15) is 17.3 Å². The van der Waals surface area contributed by atoms with Crippen LogP contribution in [0.4, 0.5) is 11.8 Å². The summed E-state index contributed by atoms with van der Waals surface area (Å²) in [4.78, 5) is 11.6. The molecule has 1 saturated carbocycles. The average molecular weight is 482 g/mol. The summed E-state index contributed by atoms with van der Waals surface area (Å²) >= 11 is 0. The largest absolute Gasteiger partial charge is 0.457 e. The van der Waals surface area contributed by atoms with Crippen molar-refractivity contribution < 1.29 is 4.74 Å². The number of anilines is 2. The van der Waals surface area contributed by atoms with Crippen LogP contribution in [0.3, 0.4) is 0 Å². The third-order valence-corrected chi connectivity index (χ3v) is 6.83. The van der Waals surface area contributed by atoms with Crippen LogP contribution in [0.15, 0.2) is 78.9 Å². The summed E-state index contributed by atoms with van der Waals surface area (Å²) in [6, 6.07) is 26.9. The summed E-state index contributed by atoms with van der Waals surface area (Å²) in [5.74, 6) is 4.12. The molecule has 0 bridgehead atoms. The van der Waals surface area contributed by atoms with Gasteiger partial charge >= 0.3 is 0 Å². The molecule has 1 aliphatic carbocycles. The van der Waals surface area contributed by atoms with Crippen LogP contribution in [0.2, 0.25) is 0 Å². The van der Waals surface area contributed by atoms with Crippen molar-refractivity contribution in [2.45, 2.75) is 38.3 Å². The molecule has 6 nitrogen and oxygen atoms in total. The van der Waals surface area contributed by atoms with Gasteiger partial charge in [-0.2, -0.15) is 4.98 Å². The molecule has 0 radical (unpaired) electrons. The number of aromatic nitrogens is 2. The smallest absolute Gasteiger partial charge is 0.225 e. The van der Waals surface area contributed by atoms with Crippen LogP contribution in [-0.4, -0.2) is 36.6 Å². The van der Waals surface area contributed by atoms with E-state index < -0.39 is 0 Å². The highest BCUT2D eigenvalue weighted by atomic mass is 16.5. The molecule has 6 heteroatoms. The van der Waals surface area contributed by atoms with Gasteiger partial charge in [-0.05, 0) is 80.1 Å². The van der Waals surface area contributed by atoms with E-state index in [1.54, 1.807) is 0 Å². The maximum absolute atomic E-state index is 5.97. The fourth-order valence-corrected chi connectivity index (χ4v) is 4.92. The van der Waals surface area contributed by atoms with Gasteiger partial charge in [-0.15, -0.1) is 0 Å². The van der Waals surface area contributed by atoms with E-state index in [4.69, 9.17) is 14.7 Å². The zero-order valence-electron chi connectivity index (χ0n) is 21.2. The van der Waals surface area contributed by atoms with E-state index in [0.717, 1.165) is 60.1 Å². The summed E-state index contributed by atoms with van der Waals surface area (Å²) in [5.41, 5.74) is 2.22. The molecule has 0 aliphatic heterocycles. The van der Waals surface area contributed by atoms with Crippen molar-refractivity contribution in [2.75, 3.05) is 30.9 Å². The third kappa shape index (κ3) is 6.13. The molecule has 0 amide bonds. The van der Waals surface area contributed by atoms with Crippen LogP contribution in [0.25, 0.3) is 10.9 Å². The summed E-state index contributed by atoms with van der Waals surface area (Å²) < 4.78 is 5.97. The van der Waals surface area contributed by atoms with Gasteiger partial charge in [0.25, 0.3) is 0 Å². The van der Waals surface area contributed by atoms with Crippen LogP contribution in [0.5, 0.6) is 11.5 Å². The van der Waals surface area contributed by atoms with Crippen LogP contribution >= 0.6 is 0 Å². The Balaban J connectivity index is 1.09. The molecule has 1 aromatic heterocycles. The van der Waals surface area contributed by atoms with E-state index >= 15 is 0 Å². The highest BCUT2D eigenvalue weighted by Crippen LogP contribution is 2.28. The standard InChI is InChI=1S/C30H35N5O/c1-35(2)29-27-13-6-7-14-28(27)33-30(34-29)32-24-17-15-22(16-18-24)20-31-21-23-9-8-12-26(19-23)36-25-10-4-3-5-11-25/h3-14,19,22,24,31H,15-18,20-21H2,1-2H3,(H,32,33,34). The zero-order chi connectivity index (χ0) is 24.7. The van der Waals surface area contributed by atoms with Crippen LogP contribution in [0.1, 0.15) is 31.2 Å². The SMILES string of the molecule is CN(C)c1nc(NC2CCC(CNCc3cccc(Oc4ccccc4)c3)CC2)nc2ccccc12. The summed E-state index contributed by atoms with van der Waals surface area (Å²) in [5, 5.41) is 8.36. The van der Waals surface area contributed by atoms with Crippen molar-refractivity contribution in [3.63, 3.8) is 0 Å². The summed E-state index contributed by atoms with van der Waals surface area (Å²) in [7, 11) is 4.06. The molecule has 5 rings (SSSR count). The number of benzene rings is 3. The fourth-order valence-electron chi connectivity index (χ4n) is 4.92. The van der Waals surface area contributed by atoms with E-state index in [1.807, 2.05) is 62.6 Å². The van der Waals surface area contributed by atoms with E-state index in [0.29, 0.717) is 12.0 Å². The van der Waals surface area contributed by atoms with Crippen molar-refractivity contribution in [1.82, 2.24) is 15.3 Å². The van der Waals surface area contributed by atoms with Gasteiger partial charge < -0.3 is 20.3 Å². The lowest BCUT2D eigenvalue weighted by atomic mass is 9.86. The molecule has 3 aromatic carbocycles. The fraction of sp³-hybridized carbons (Fsp3) is 0.333. The van der Waals surface area contributed by atoms with Crippen molar-refractivity contribution >= 4 is 22.7 Å². The van der Waals surface area contributed by atoms with Gasteiger partial charge in [-0.25, -0.2) is 4.98 Å². The van der Waals surface area contributed by atoms with Crippen LogP contribution in [0, 0.1) is 5.92 Å². The van der Waals surface area contributed by atoms with Crippen LogP contribution in [-0.2, 0) is 6.54 Å². The lowest BCUT2D eigenvalue weighted by molar-refractivity contribution is 0.323. The second-order valence-electron chi connectivity index (χ2n) is 9.84. The Morgan fingerprint density at radius 3 is 2.39 bits per heavy atom. The van der Waals surface area contributed by atoms with Crippen LogP contribution < -0.4 is 20.3 Å². The number of para-hydroxylation sites is 2. The average Bonchev–Trinajstić information content (AvgIpc) is 2.90. The first kappa shape index (κ1) is 24.1. The molecule has 1 aliphatic rings. The minimum atomic E-state index is 0.421. The van der Waals surface area contributed by atoms with Gasteiger partial charge in [-0.3, -0.25) is 0 Å². The van der Waals surface area contributed by atoms with Gasteiger partial charge in [-0.1, -0.05) is 42.5 Å². The van der Waals surface area contributed by atoms with Gasteiger partial charge in [0.15, 0.2) is 0 Å². The second-order valence-corrected chi connectivity index (χ2v) is 9.84. The Morgan fingerprint density at radius 2 is 1.58 bits per heavy atom. The Labute approximate surface area is 213 Å². The number of hydrogen-bond acceptors (Lipinski definition) is 6. The normalized spacial score (nSPS) is 17.6. The predicted molar refractivity (Wildman–Crippen MR) is 148 cm³/mol. The summed E-state index contributed by atoms with van der Waals surface area (Å²) in [6.07, 6.45) is 4.69. The first-order chi connectivity index (χ1) is 17.6. The van der Waals surface area contributed by atoms with Gasteiger partial charge in [0, 0.05) is 32.1 Å². The maximum Gasteiger partial charge on any atom is 0.225 e. The van der Waals surface area contributed by atoms with Gasteiger partial charge in [0.05, 0.1) is 5.52 Å². The first-order valence-electron chi connectivity index (χ1n) is 12.9. The molecular formula is C30H35N5O. The van der Waals surface area contributed by atoms with E-state index in [2.05, 4.69) is 45.9 Å². The molecular weight excluding hydrogens is 446 g/mol. The molecule has 0 spiro atoms. The van der Waals surface area contributed by atoms with E-state index in [1.165, 1.54) is 18.4 Å². The van der Waals surface area contributed by atoms with Crippen molar-refractivity contribution in [3.8, 4) is 11.5 Å². The minimum absolute atomic E-state index is 0.421. The van der Waals surface area contributed by atoms with Gasteiger partial charge in [0.2, 0.25) is 5.95 Å².